The minimum absolute atomic E-state index is 0.0420. The number of aryl methyl sites for hydroxylation is 2. The second-order valence-electron chi connectivity index (χ2n) is 6.66. The maximum absolute atomic E-state index is 14.2. The zero-order valence-corrected chi connectivity index (χ0v) is 13.8. The lowest BCUT2D eigenvalue weighted by molar-refractivity contribution is 0.0994. The van der Waals surface area contributed by atoms with Gasteiger partial charge in [0.25, 0.3) is 5.91 Å². The van der Waals surface area contributed by atoms with Crippen LogP contribution in [0.3, 0.4) is 0 Å². The number of amides is 1. The number of ether oxygens (including phenoxy) is 1. The number of nitriles is 1. The van der Waals surface area contributed by atoms with Crippen molar-refractivity contribution in [2.75, 3.05) is 0 Å². The Morgan fingerprint density at radius 3 is 2.84 bits per heavy atom. The van der Waals surface area contributed by atoms with Crippen molar-refractivity contribution < 1.29 is 13.9 Å². The Bertz CT molecular complexity index is 924. The van der Waals surface area contributed by atoms with Gasteiger partial charge in [0.15, 0.2) is 5.69 Å². The van der Waals surface area contributed by atoms with E-state index in [0.29, 0.717) is 35.0 Å². The highest BCUT2D eigenvalue weighted by Gasteiger charge is 2.38. The van der Waals surface area contributed by atoms with Crippen LogP contribution in [0, 0.1) is 30.0 Å². The Hall–Kier alpha value is -2.88. The van der Waals surface area contributed by atoms with Crippen molar-refractivity contribution in [3.05, 3.63) is 34.8 Å². The van der Waals surface area contributed by atoms with Crippen molar-refractivity contribution in [1.82, 2.24) is 9.78 Å². The standard InChI is InChI=1S/C18H17FN4O2/c1-9-6-11(8-20)13(19)7-12(9)15-16(17(21)24)22-23-5-4-14(10-2-3-10)25-18(15)23/h6-7,10,14H,2-5H2,1H3,(H2,21,24). The predicted molar refractivity (Wildman–Crippen MR) is 87.3 cm³/mol. The topological polar surface area (TPSA) is 93.9 Å². The number of rotatable bonds is 3. The molecule has 0 bridgehead atoms. The molecule has 4 rings (SSSR count). The number of fused-ring (bicyclic) bond motifs is 1. The van der Waals surface area contributed by atoms with E-state index in [1.54, 1.807) is 11.6 Å². The van der Waals surface area contributed by atoms with E-state index in [9.17, 15) is 9.18 Å². The first-order valence-corrected chi connectivity index (χ1v) is 8.27. The van der Waals surface area contributed by atoms with Gasteiger partial charge < -0.3 is 10.5 Å². The minimum Gasteiger partial charge on any atom is -0.474 e. The van der Waals surface area contributed by atoms with E-state index in [1.807, 2.05) is 6.07 Å². The number of benzene rings is 1. The number of hydrogen-bond acceptors (Lipinski definition) is 4. The lowest BCUT2D eigenvalue weighted by atomic mass is 9.97. The van der Waals surface area contributed by atoms with Gasteiger partial charge in [-0.25, -0.2) is 9.07 Å². The third-order valence-electron chi connectivity index (χ3n) is 4.88. The normalized spacial score (nSPS) is 19.0. The van der Waals surface area contributed by atoms with Gasteiger partial charge in [0.1, 0.15) is 18.0 Å². The summed E-state index contributed by atoms with van der Waals surface area (Å²) in [7, 11) is 0. The quantitative estimate of drug-likeness (QED) is 0.929. The van der Waals surface area contributed by atoms with Gasteiger partial charge in [-0.1, -0.05) is 0 Å². The minimum atomic E-state index is -0.687. The summed E-state index contributed by atoms with van der Waals surface area (Å²) in [6.45, 7) is 2.39. The molecule has 1 atom stereocenters. The molecule has 1 fully saturated rings. The summed E-state index contributed by atoms with van der Waals surface area (Å²) in [5.41, 5.74) is 7.08. The summed E-state index contributed by atoms with van der Waals surface area (Å²) in [4.78, 5) is 11.9. The third-order valence-corrected chi connectivity index (χ3v) is 4.88. The van der Waals surface area contributed by atoms with Crippen LogP contribution in [0.25, 0.3) is 11.1 Å². The highest BCUT2D eigenvalue weighted by molar-refractivity contribution is 6.00. The number of carbonyl (C=O) groups is 1. The number of aromatic nitrogens is 2. The Kier molecular flexibility index (Phi) is 3.49. The fraction of sp³-hybridized carbons (Fsp3) is 0.389. The van der Waals surface area contributed by atoms with Gasteiger partial charge in [0.05, 0.1) is 11.1 Å². The van der Waals surface area contributed by atoms with Gasteiger partial charge in [-0.15, -0.1) is 0 Å². The van der Waals surface area contributed by atoms with E-state index in [0.717, 1.165) is 19.3 Å². The maximum Gasteiger partial charge on any atom is 0.270 e. The van der Waals surface area contributed by atoms with E-state index in [-0.39, 0.29) is 17.4 Å². The highest BCUT2D eigenvalue weighted by atomic mass is 19.1. The summed E-state index contributed by atoms with van der Waals surface area (Å²) in [5, 5.41) is 13.3. The molecule has 2 aromatic rings. The molecule has 2 heterocycles. The predicted octanol–water partition coefficient (Wildman–Crippen LogP) is 2.53. The molecular weight excluding hydrogens is 323 g/mol. The summed E-state index contributed by atoms with van der Waals surface area (Å²) in [6.07, 6.45) is 3.20. The van der Waals surface area contributed by atoms with Crippen molar-refractivity contribution in [1.29, 1.82) is 5.26 Å². The molecule has 128 valence electrons. The van der Waals surface area contributed by atoms with Crippen LogP contribution in [0.1, 0.15) is 40.9 Å². The Morgan fingerprint density at radius 2 is 2.20 bits per heavy atom. The molecule has 1 aliphatic heterocycles. The second-order valence-corrected chi connectivity index (χ2v) is 6.66. The molecule has 1 unspecified atom stereocenters. The lowest BCUT2D eigenvalue weighted by Crippen LogP contribution is -2.28. The third kappa shape index (κ3) is 2.54. The molecular formula is C18H17FN4O2. The Balaban J connectivity index is 1.89. The first-order chi connectivity index (χ1) is 12.0. The van der Waals surface area contributed by atoms with E-state index in [1.165, 1.54) is 12.1 Å². The summed E-state index contributed by atoms with van der Waals surface area (Å²) in [6, 6.07) is 4.53. The van der Waals surface area contributed by atoms with Crippen LogP contribution in [0.2, 0.25) is 0 Å². The number of halogens is 1. The van der Waals surface area contributed by atoms with E-state index in [2.05, 4.69) is 5.10 Å². The molecule has 1 saturated carbocycles. The molecule has 2 aliphatic rings. The fourth-order valence-electron chi connectivity index (χ4n) is 3.42. The molecule has 7 heteroatoms. The van der Waals surface area contributed by atoms with E-state index in [4.69, 9.17) is 15.7 Å². The maximum atomic E-state index is 14.2. The van der Waals surface area contributed by atoms with Crippen LogP contribution in [-0.4, -0.2) is 21.8 Å². The summed E-state index contributed by atoms with van der Waals surface area (Å²) >= 11 is 0. The summed E-state index contributed by atoms with van der Waals surface area (Å²) < 4.78 is 22.0. The molecule has 0 spiro atoms. The van der Waals surface area contributed by atoms with Gasteiger partial charge in [0.2, 0.25) is 5.88 Å². The number of carbonyl (C=O) groups excluding carboxylic acids is 1. The number of nitrogens with two attached hydrogens (primary N) is 1. The molecule has 1 aromatic heterocycles. The van der Waals surface area contributed by atoms with Crippen molar-refractivity contribution in [3.8, 4) is 23.1 Å². The monoisotopic (exact) mass is 340 g/mol. The van der Waals surface area contributed by atoms with Crippen LogP contribution in [0.15, 0.2) is 12.1 Å². The molecule has 1 amide bonds. The molecule has 1 aliphatic carbocycles. The van der Waals surface area contributed by atoms with Crippen molar-refractivity contribution in [3.63, 3.8) is 0 Å². The van der Waals surface area contributed by atoms with Crippen molar-refractivity contribution in [2.45, 2.75) is 38.8 Å². The lowest BCUT2D eigenvalue weighted by Gasteiger charge is -2.25. The first kappa shape index (κ1) is 15.6. The summed E-state index contributed by atoms with van der Waals surface area (Å²) in [5.74, 6) is -0.336. The van der Waals surface area contributed by atoms with E-state index >= 15 is 0 Å². The fourth-order valence-corrected chi connectivity index (χ4v) is 3.42. The smallest absolute Gasteiger partial charge is 0.270 e. The van der Waals surface area contributed by atoms with Gasteiger partial charge in [-0.2, -0.15) is 10.4 Å². The zero-order valence-electron chi connectivity index (χ0n) is 13.8. The largest absolute Gasteiger partial charge is 0.474 e. The second kappa shape index (κ2) is 5.59. The van der Waals surface area contributed by atoms with Gasteiger partial charge in [-0.05, 0) is 48.9 Å². The van der Waals surface area contributed by atoms with Crippen molar-refractivity contribution in [2.24, 2.45) is 11.7 Å². The number of hydrogen-bond donors (Lipinski definition) is 1. The van der Waals surface area contributed by atoms with Crippen LogP contribution in [-0.2, 0) is 6.54 Å². The van der Waals surface area contributed by atoms with E-state index < -0.39 is 11.7 Å². The molecule has 25 heavy (non-hydrogen) atoms. The van der Waals surface area contributed by atoms with Gasteiger partial charge in [-0.3, -0.25) is 4.79 Å². The molecule has 1 aromatic carbocycles. The Labute approximate surface area is 144 Å². The van der Waals surface area contributed by atoms with Crippen LogP contribution >= 0.6 is 0 Å². The average Bonchev–Trinajstić information content (AvgIpc) is 3.36. The molecule has 0 radical (unpaired) electrons. The van der Waals surface area contributed by atoms with Gasteiger partial charge >= 0.3 is 0 Å². The zero-order chi connectivity index (χ0) is 17.7. The van der Waals surface area contributed by atoms with Crippen LogP contribution in [0.5, 0.6) is 5.88 Å². The first-order valence-electron chi connectivity index (χ1n) is 8.27. The number of primary amides is 1. The highest BCUT2D eigenvalue weighted by Crippen LogP contribution is 2.43. The molecule has 6 nitrogen and oxygen atoms in total. The number of nitrogens with zero attached hydrogens (tertiary/aromatic N) is 3. The average molecular weight is 340 g/mol. The van der Waals surface area contributed by atoms with Crippen LogP contribution in [0.4, 0.5) is 4.39 Å². The van der Waals surface area contributed by atoms with Gasteiger partial charge in [0, 0.05) is 13.0 Å². The van der Waals surface area contributed by atoms with Crippen LogP contribution < -0.4 is 10.5 Å². The molecule has 0 saturated heterocycles. The van der Waals surface area contributed by atoms with Crippen molar-refractivity contribution >= 4 is 5.91 Å². The molecule has 2 N–H and O–H groups in total. The SMILES string of the molecule is Cc1cc(C#N)c(F)cc1-c1c(C(N)=O)nn2c1OC(C1CC1)CC2. The Morgan fingerprint density at radius 1 is 1.44 bits per heavy atom.